The third kappa shape index (κ3) is 5.65. The molecule has 0 spiro atoms. The predicted octanol–water partition coefficient (Wildman–Crippen LogP) is 2.20. The molecule has 0 atom stereocenters. The van der Waals surface area contributed by atoms with Crippen LogP contribution in [0.25, 0.3) is 0 Å². The van der Waals surface area contributed by atoms with E-state index in [9.17, 15) is 14.4 Å². The van der Waals surface area contributed by atoms with Crippen molar-refractivity contribution < 1.29 is 19.1 Å². The van der Waals surface area contributed by atoms with Gasteiger partial charge in [-0.15, -0.1) is 0 Å². The molecule has 0 aliphatic heterocycles. The first-order valence-electron chi connectivity index (χ1n) is 7.09. The number of carbonyl (C=O) groups is 3. The number of amides is 2. The molecule has 0 aliphatic carbocycles. The van der Waals surface area contributed by atoms with Gasteiger partial charge >= 0.3 is 5.97 Å². The molecule has 124 valence electrons. The van der Waals surface area contributed by atoms with Crippen molar-refractivity contribution in [3.05, 3.63) is 63.7 Å². The lowest BCUT2D eigenvalue weighted by atomic mass is 10.2. The largest absolute Gasteiger partial charge is 0.454 e. The molecule has 6 nitrogen and oxygen atoms in total. The highest BCUT2D eigenvalue weighted by atomic mass is 127. The molecule has 2 aromatic carbocycles. The molecule has 7 heteroatoms. The van der Waals surface area contributed by atoms with E-state index in [-0.39, 0.29) is 12.5 Å². The van der Waals surface area contributed by atoms with E-state index in [4.69, 9.17) is 4.74 Å². The highest BCUT2D eigenvalue weighted by Crippen LogP contribution is 2.16. The Hall–Kier alpha value is -2.42. The fourth-order valence-electron chi connectivity index (χ4n) is 1.79. The zero-order chi connectivity index (χ0) is 17.4. The molecule has 0 saturated heterocycles. The fraction of sp³-hybridized carbons (Fsp3) is 0.118. The van der Waals surface area contributed by atoms with Gasteiger partial charge in [-0.1, -0.05) is 30.3 Å². The summed E-state index contributed by atoms with van der Waals surface area (Å²) in [5.41, 5.74) is 1.10. The summed E-state index contributed by atoms with van der Waals surface area (Å²) in [6.07, 6.45) is 0. The molecule has 0 saturated carbocycles. The van der Waals surface area contributed by atoms with E-state index in [1.807, 2.05) is 12.1 Å². The molecule has 24 heavy (non-hydrogen) atoms. The number of para-hydroxylation sites is 1. The second-order valence-electron chi connectivity index (χ2n) is 4.74. The number of anilines is 1. The minimum absolute atomic E-state index is 0.302. The zero-order valence-corrected chi connectivity index (χ0v) is 14.8. The van der Waals surface area contributed by atoms with Gasteiger partial charge in [0.05, 0.1) is 5.69 Å². The second-order valence-corrected chi connectivity index (χ2v) is 5.90. The number of rotatable bonds is 6. The zero-order valence-electron chi connectivity index (χ0n) is 12.6. The Labute approximate surface area is 152 Å². The van der Waals surface area contributed by atoms with Gasteiger partial charge in [-0.05, 0) is 46.9 Å². The summed E-state index contributed by atoms with van der Waals surface area (Å²) in [7, 11) is 0. The van der Waals surface area contributed by atoms with Crippen LogP contribution in [0.2, 0.25) is 0 Å². The maximum absolute atomic E-state index is 11.8. The predicted molar refractivity (Wildman–Crippen MR) is 97.5 cm³/mol. The number of carbonyl (C=O) groups excluding carboxylic acids is 3. The topological polar surface area (TPSA) is 84.5 Å². The molecule has 0 heterocycles. The molecule has 2 amide bonds. The van der Waals surface area contributed by atoms with E-state index in [2.05, 4.69) is 33.2 Å². The lowest BCUT2D eigenvalue weighted by Crippen LogP contribution is -2.32. The van der Waals surface area contributed by atoms with Gasteiger partial charge in [0.1, 0.15) is 6.54 Å². The molecule has 0 fully saturated rings. The molecular formula is C17H15IN2O4. The first kappa shape index (κ1) is 17.9. The molecule has 0 aliphatic rings. The van der Waals surface area contributed by atoms with E-state index in [1.165, 1.54) is 0 Å². The third-order valence-corrected chi connectivity index (χ3v) is 3.88. The summed E-state index contributed by atoms with van der Waals surface area (Å²) in [6, 6.07) is 15.8. The number of ether oxygens (including phenoxy) is 1. The summed E-state index contributed by atoms with van der Waals surface area (Å²) < 4.78 is 5.71. The number of benzene rings is 2. The Balaban J connectivity index is 1.72. The van der Waals surface area contributed by atoms with E-state index in [1.54, 1.807) is 42.5 Å². The molecule has 0 unspecified atom stereocenters. The van der Waals surface area contributed by atoms with Crippen LogP contribution in [0.3, 0.4) is 0 Å². The van der Waals surface area contributed by atoms with Crippen LogP contribution in [0.5, 0.6) is 0 Å². The van der Waals surface area contributed by atoms with Gasteiger partial charge in [-0.25, -0.2) is 0 Å². The van der Waals surface area contributed by atoms with Crippen molar-refractivity contribution >= 4 is 46.1 Å². The maximum Gasteiger partial charge on any atom is 0.325 e. The third-order valence-electron chi connectivity index (χ3n) is 2.94. The van der Waals surface area contributed by atoms with E-state index >= 15 is 0 Å². The fourth-order valence-corrected chi connectivity index (χ4v) is 2.31. The summed E-state index contributed by atoms with van der Waals surface area (Å²) in [6.45, 7) is -0.713. The van der Waals surface area contributed by atoms with Crippen LogP contribution in [0, 0.1) is 3.57 Å². The van der Waals surface area contributed by atoms with Crippen molar-refractivity contribution in [1.82, 2.24) is 5.32 Å². The number of esters is 1. The minimum atomic E-state index is -0.683. The molecular weight excluding hydrogens is 423 g/mol. The number of hydrogen-bond acceptors (Lipinski definition) is 4. The van der Waals surface area contributed by atoms with Crippen molar-refractivity contribution in [2.45, 2.75) is 0 Å². The van der Waals surface area contributed by atoms with Gasteiger partial charge in [0.2, 0.25) is 0 Å². The Morgan fingerprint density at radius 2 is 1.62 bits per heavy atom. The molecule has 2 N–H and O–H groups in total. The highest BCUT2D eigenvalue weighted by Gasteiger charge is 2.11. The first-order valence-corrected chi connectivity index (χ1v) is 8.17. The SMILES string of the molecule is O=C(COC(=O)CNC(=O)c1ccccc1)Nc1ccccc1I. The first-order chi connectivity index (χ1) is 11.6. The van der Waals surface area contributed by atoms with Gasteiger partial charge in [-0.3, -0.25) is 14.4 Å². The molecule has 0 bridgehead atoms. The Bertz CT molecular complexity index is 734. The lowest BCUT2D eigenvalue weighted by molar-refractivity contribution is -0.146. The molecule has 0 aromatic heterocycles. The Morgan fingerprint density at radius 1 is 0.958 bits per heavy atom. The van der Waals surface area contributed by atoms with Crippen LogP contribution >= 0.6 is 22.6 Å². The Kier molecular flexibility index (Phi) is 6.74. The summed E-state index contributed by atoms with van der Waals surface area (Å²) in [5.74, 6) is -1.50. The summed E-state index contributed by atoms with van der Waals surface area (Å²) in [5, 5.41) is 5.08. The van der Waals surface area contributed by atoms with Crippen molar-refractivity contribution in [2.24, 2.45) is 0 Å². The summed E-state index contributed by atoms with van der Waals surface area (Å²) in [4.78, 5) is 35.1. The van der Waals surface area contributed by atoms with Crippen molar-refractivity contribution in [3.8, 4) is 0 Å². The standard InChI is InChI=1S/C17H15IN2O4/c18-13-8-4-5-9-14(13)20-15(21)11-24-16(22)10-19-17(23)12-6-2-1-3-7-12/h1-9H,10-11H2,(H,19,23)(H,20,21). The average Bonchev–Trinajstić information content (AvgIpc) is 2.60. The number of hydrogen-bond donors (Lipinski definition) is 2. The van der Waals surface area contributed by atoms with Gasteiger partial charge in [-0.2, -0.15) is 0 Å². The van der Waals surface area contributed by atoms with Crippen LogP contribution in [-0.4, -0.2) is 30.9 Å². The molecule has 0 radical (unpaired) electrons. The average molecular weight is 438 g/mol. The van der Waals surface area contributed by atoms with Crippen LogP contribution in [0.1, 0.15) is 10.4 Å². The van der Waals surface area contributed by atoms with Gasteiger partial charge in [0.15, 0.2) is 6.61 Å². The van der Waals surface area contributed by atoms with Crippen molar-refractivity contribution in [2.75, 3.05) is 18.5 Å². The van der Waals surface area contributed by atoms with Gasteiger partial charge in [0.25, 0.3) is 11.8 Å². The van der Waals surface area contributed by atoms with E-state index in [0.29, 0.717) is 11.3 Å². The quantitative estimate of drug-likeness (QED) is 0.535. The number of halogens is 1. The van der Waals surface area contributed by atoms with E-state index < -0.39 is 18.5 Å². The second kappa shape index (κ2) is 9.02. The van der Waals surface area contributed by atoms with Crippen LogP contribution in [0.4, 0.5) is 5.69 Å². The monoisotopic (exact) mass is 438 g/mol. The highest BCUT2D eigenvalue weighted by molar-refractivity contribution is 14.1. The van der Waals surface area contributed by atoms with Gasteiger partial charge in [0, 0.05) is 9.13 Å². The number of nitrogens with one attached hydrogen (secondary N) is 2. The normalized spacial score (nSPS) is 9.88. The lowest BCUT2D eigenvalue weighted by Gasteiger charge is -2.08. The van der Waals surface area contributed by atoms with Crippen LogP contribution < -0.4 is 10.6 Å². The summed E-state index contributed by atoms with van der Waals surface area (Å²) >= 11 is 2.09. The molecule has 2 aromatic rings. The van der Waals surface area contributed by atoms with Gasteiger partial charge < -0.3 is 15.4 Å². The van der Waals surface area contributed by atoms with Crippen LogP contribution in [0.15, 0.2) is 54.6 Å². The van der Waals surface area contributed by atoms with Crippen molar-refractivity contribution in [3.63, 3.8) is 0 Å². The Morgan fingerprint density at radius 3 is 2.33 bits per heavy atom. The molecule has 2 rings (SSSR count). The van der Waals surface area contributed by atoms with E-state index in [0.717, 1.165) is 3.57 Å². The van der Waals surface area contributed by atoms with Crippen LogP contribution in [-0.2, 0) is 14.3 Å². The minimum Gasteiger partial charge on any atom is -0.454 e. The van der Waals surface area contributed by atoms with Crippen molar-refractivity contribution in [1.29, 1.82) is 0 Å². The smallest absolute Gasteiger partial charge is 0.325 e. The maximum atomic E-state index is 11.8.